The van der Waals surface area contributed by atoms with Crippen LogP contribution in [-0.4, -0.2) is 17.5 Å². The molecule has 1 unspecified atom stereocenters. The van der Waals surface area contributed by atoms with Crippen molar-refractivity contribution in [3.63, 3.8) is 0 Å². The van der Waals surface area contributed by atoms with Crippen molar-refractivity contribution < 1.29 is 13.9 Å². The van der Waals surface area contributed by atoms with E-state index in [4.69, 9.17) is 9.15 Å². The summed E-state index contributed by atoms with van der Waals surface area (Å²) in [5, 5.41) is 2.93. The van der Waals surface area contributed by atoms with Gasteiger partial charge in [-0.15, -0.1) is 0 Å². The van der Waals surface area contributed by atoms with Crippen molar-refractivity contribution in [2.45, 2.75) is 40.0 Å². The van der Waals surface area contributed by atoms with Crippen molar-refractivity contribution in [1.29, 1.82) is 0 Å². The second kappa shape index (κ2) is 9.90. The number of anilines is 1. The summed E-state index contributed by atoms with van der Waals surface area (Å²) in [6.45, 7) is 9.24. The molecule has 5 nitrogen and oxygen atoms in total. The lowest BCUT2D eigenvalue weighted by molar-refractivity contribution is 0.102. The van der Waals surface area contributed by atoms with Crippen LogP contribution in [0.3, 0.4) is 0 Å². The topological polar surface area (TPSA) is 64.4 Å². The monoisotopic (exact) mass is 442 g/mol. The van der Waals surface area contributed by atoms with E-state index in [0.717, 1.165) is 28.8 Å². The van der Waals surface area contributed by atoms with Gasteiger partial charge in [-0.05, 0) is 84.5 Å². The van der Waals surface area contributed by atoms with E-state index in [0.29, 0.717) is 35.6 Å². The maximum atomic E-state index is 12.6. The summed E-state index contributed by atoms with van der Waals surface area (Å²) in [6, 6.07) is 20.9. The summed E-state index contributed by atoms with van der Waals surface area (Å²) in [7, 11) is 0. The molecule has 1 amide bonds. The molecule has 0 radical (unpaired) electrons. The molecule has 4 rings (SSSR count). The van der Waals surface area contributed by atoms with E-state index in [9.17, 15) is 4.79 Å². The van der Waals surface area contributed by atoms with Crippen LogP contribution in [0.15, 0.2) is 71.1 Å². The van der Waals surface area contributed by atoms with Crippen LogP contribution in [0, 0.1) is 5.92 Å². The van der Waals surface area contributed by atoms with Gasteiger partial charge < -0.3 is 14.5 Å². The second-order valence-corrected chi connectivity index (χ2v) is 8.82. The van der Waals surface area contributed by atoms with E-state index in [-0.39, 0.29) is 5.91 Å². The van der Waals surface area contributed by atoms with Crippen molar-refractivity contribution in [3.8, 4) is 17.2 Å². The predicted octanol–water partition coefficient (Wildman–Crippen LogP) is 7.30. The maximum Gasteiger partial charge on any atom is 0.255 e. The smallest absolute Gasteiger partial charge is 0.255 e. The number of nitrogens with zero attached hydrogens (tertiary/aromatic N) is 1. The number of nitrogens with one attached hydrogen (secondary N) is 1. The van der Waals surface area contributed by atoms with Crippen molar-refractivity contribution >= 4 is 22.7 Å². The number of carbonyl (C=O) groups is 1. The van der Waals surface area contributed by atoms with E-state index in [1.165, 1.54) is 5.56 Å². The first-order valence-electron chi connectivity index (χ1n) is 11.5. The van der Waals surface area contributed by atoms with Gasteiger partial charge in [-0.3, -0.25) is 4.79 Å². The number of rotatable bonds is 8. The van der Waals surface area contributed by atoms with Gasteiger partial charge in [-0.1, -0.05) is 33.8 Å². The standard InChI is InChI=1S/C28H30N2O3/c1-5-19(4)22-10-15-26-25(16-22)30-28(33-26)21-6-11-23(12-7-21)29-27(31)20-8-13-24(14-9-20)32-17-18(2)3/h6-16,18-19H,5,17H2,1-4H3,(H,29,31). The fourth-order valence-electron chi connectivity index (χ4n) is 3.47. The van der Waals surface area contributed by atoms with E-state index in [1.54, 1.807) is 12.1 Å². The number of oxazole rings is 1. The summed E-state index contributed by atoms with van der Waals surface area (Å²) in [5.41, 5.74) is 5.05. The summed E-state index contributed by atoms with van der Waals surface area (Å²) in [5.74, 6) is 2.10. The van der Waals surface area contributed by atoms with E-state index >= 15 is 0 Å². The van der Waals surface area contributed by atoms with Crippen LogP contribution in [-0.2, 0) is 0 Å². The van der Waals surface area contributed by atoms with Crippen LogP contribution in [0.25, 0.3) is 22.6 Å². The molecule has 33 heavy (non-hydrogen) atoms. The van der Waals surface area contributed by atoms with E-state index in [1.807, 2.05) is 42.5 Å². The average Bonchev–Trinajstić information content (AvgIpc) is 3.26. The van der Waals surface area contributed by atoms with Crippen molar-refractivity contribution in [1.82, 2.24) is 4.98 Å². The number of benzene rings is 3. The Labute approximate surface area is 194 Å². The van der Waals surface area contributed by atoms with Crippen molar-refractivity contribution in [3.05, 3.63) is 77.9 Å². The number of carbonyl (C=O) groups excluding carboxylic acids is 1. The minimum absolute atomic E-state index is 0.169. The highest BCUT2D eigenvalue weighted by Gasteiger charge is 2.12. The molecule has 0 bridgehead atoms. The molecule has 0 aliphatic carbocycles. The molecule has 0 saturated heterocycles. The van der Waals surface area contributed by atoms with Crippen LogP contribution in [0.1, 0.15) is 56.0 Å². The zero-order valence-corrected chi connectivity index (χ0v) is 19.6. The molecule has 1 heterocycles. The average molecular weight is 443 g/mol. The Morgan fingerprint density at radius 2 is 1.73 bits per heavy atom. The molecule has 1 atom stereocenters. The summed E-state index contributed by atoms with van der Waals surface area (Å²) >= 11 is 0. The molecule has 0 spiro atoms. The number of hydrogen-bond donors (Lipinski definition) is 1. The van der Waals surface area contributed by atoms with Gasteiger partial charge in [0.1, 0.15) is 11.3 Å². The lowest BCUT2D eigenvalue weighted by Gasteiger charge is -2.09. The number of ether oxygens (including phenoxy) is 1. The number of hydrogen-bond acceptors (Lipinski definition) is 4. The van der Waals surface area contributed by atoms with Gasteiger partial charge in [0.15, 0.2) is 5.58 Å². The molecular weight excluding hydrogens is 412 g/mol. The lowest BCUT2D eigenvalue weighted by atomic mass is 9.98. The first kappa shape index (κ1) is 22.6. The van der Waals surface area contributed by atoms with Gasteiger partial charge >= 0.3 is 0 Å². The van der Waals surface area contributed by atoms with Gasteiger partial charge in [0.05, 0.1) is 6.61 Å². The Balaban J connectivity index is 1.43. The van der Waals surface area contributed by atoms with E-state index < -0.39 is 0 Å². The lowest BCUT2D eigenvalue weighted by Crippen LogP contribution is -2.11. The number of amides is 1. The van der Waals surface area contributed by atoms with Crippen LogP contribution in [0.4, 0.5) is 5.69 Å². The second-order valence-electron chi connectivity index (χ2n) is 8.82. The predicted molar refractivity (Wildman–Crippen MR) is 133 cm³/mol. The van der Waals surface area contributed by atoms with Gasteiger partial charge in [0.25, 0.3) is 5.91 Å². The van der Waals surface area contributed by atoms with Crippen molar-refractivity contribution in [2.75, 3.05) is 11.9 Å². The zero-order valence-electron chi connectivity index (χ0n) is 19.6. The fourth-order valence-corrected chi connectivity index (χ4v) is 3.47. The molecule has 0 aliphatic rings. The molecule has 3 aromatic carbocycles. The van der Waals surface area contributed by atoms with Gasteiger partial charge in [-0.25, -0.2) is 4.98 Å². The fraction of sp³-hybridized carbons (Fsp3) is 0.286. The molecule has 1 N–H and O–H groups in total. The molecule has 4 aromatic rings. The summed E-state index contributed by atoms with van der Waals surface area (Å²) < 4.78 is 11.6. The third-order valence-corrected chi connectivity index (χ3v) is 5.68. The molecule has 0 saturated carbocycles. The number of aromatic nitrogens is 1. The largest absolute Gasteiger partial charge is 0.493 e. The van der Waals surface area contributed by atoms with Crippen LogP contribution in [0.5, 0.6) is 5.75 Å². The molecule has 1 aromatic heterocycles. The first-order chi connectivity index (χ1) is 15.9. The molecule has 5 heteroatoms. The highest BCUT2D eigenvalue weighted by atomic mass is 16.5. The van der Waals surface area contributed by atoms with Crippen LogP contribution >= 0.6 is 0 Å². The van der Waals surface area contributed by atoms with E-state index in [2.05, 4.69) is 50.1 Å². The van der Waals surface area contributed by atoms with Gasteiger partial charge in [-0.2, -0.15) is 0 Å². The summed E-state index contributed by atoms with van der Waals surface area (Å²) in [6.07, 6.45) is 1.08. The minimum Gasteiger partial charge on any atom is -0.493 e. The molecule has 0 aliphatic heterocycles. The third-order valence-electron chi connectivity index (χ3n) is 5.68. The van der Waals surface area contributed by atoms with Gasteiger partial charge in [0.2, 0.25) is 5.89 Å². The highest BCUT2D eigenvalue weighted by molar-refractivity contribution is 6.04. The first-order valence-corrected chi connectivity index (χ1v) is 11.5. The Bertz CT molecular complexity index is 1220. The summed E-state index contributed by atoms with van der Waals surface area (Å²) in [4.78, 5) is 17.3. The quantitative estimate of drug-likeness (QED) is 0.311. The highest BCUT2D eigenvalue weighted by Crippen LogP contribution is 2.28. The minimum atomic E-state index is -0.169. The molecule has 170 valence electrons. The zero-order chi connectivity index (χ0) is 23.4. The number of fused-ring (bicyclic) bond motifs is 1. The van der Waals surface area contributed by atoms with Crippen LogP contribution < -0.4 is 10.1 Å². The SMILES string of the molecule is CCC(C)c1ccc2oc(-c3ccc(NC(=O)c4ccc(OCC(C)C)cc4)cc3)nc2c1. The Morgan fingerprint density at radius 3 is 2.39 bits per heavy atom. The maximum absolute atomic E-state index is 12.6. The Hall–Kier alpha value is -3.60. The molecule has 0 fully saturated rings. The third kappa shape index (κ3) is 5.43. The van der Waals surface area contributed by atoms with Crippen molar-refractivity contribution in [2.24, 2.45) is 5.92 Å². The normalized spacial score (nSPS) is 12.2. The van der Waals surface area contributed by atoms with Gasteiger partial charge in [0, 0.05) is 16.8 Å². The Kier molecular flexibility index (Phi) is 6.78. The van der Waals surface area contributed by atoms with Crippen LogP contribution in [0.2, 0.25) is 0 Å². The Morgan fingerprint density at radius 1 is 1.00 bits per heavy atom. The molecular formula is C28H30N2O3.